The van der Waals surface area contributed by atoms with Crippen LogP contribution in [0.5, 0.6) is 0 Å². The van der Waals surface area contributed by atoms with E-state index in [9.17, 15) is 21.6 Å². The van der Waals surface area contributed by atoms with E-state index in [0.29, 0.717) is 43.3 Å². The van der Waals surface area contributed by atoms with Gasteiger partial charge in [-0.05, 0) is 12.1 Å². The minimum absolute atomic E-state index is 0.328. The molecule has 0 saturated carbocycles. The third-order valence-electron chi connectivity index (χ3n) is 4.09. The summed E-state index contributed by atoms with van der Waals surface area (Å²) in [5.74, 6) is 0. The van der Waals surface area contributed by atoms with E-state index < -0.39 is 21.9 Å². The summed E-state index contributed by atoms with van der Waals surface area (Å²) in [6.07, 6.45) is -4.36. The van der Waals surface area contributed by atoms with Gasteiger partial charge in [0, 0.05) is 43.7 Å². The van der Waals surface area contributed by atoms with E-state index in [0.717, 1.165) is 17.8 Å². The zero-order valence-electron chi connectivity index (χ0n) is 13.6. The molecule has 1 aromatic carbocycles. The van der Waals surface area contributed by atoms with Gasteiger partial charge < -0.3 is 0 Å². The van der Waals surface area contributed by atoms with E-state index in [1.54, 1.807) is 0 Å². The van der Waals surface area contributed by atoms with E-state index in [-0.39, 0.29) is 0 Å². The third-order valence-corrected chi connectivity index (χ3v) is 6.11. The van der Waals surface area contributed by atoms with Crippen molar-refractivity contribution in [2.75, 3.05) is 26.2 Å². The topological polar surface area (TPSA) is 79.5 Å². The molecule has 1 fully saturated rings. The monoisotopic (exact) mass is 406 g/mol. The minimum Gasteiger partial charge on any atom is -0.295 e. The minimum atomic E-state index is -4.36. The number of nitrogens with zero attached hydrogens (tertiary/aromatic N) is 3. The van der Waals surface area contributed by atoms with Crippen LogP contribution in [0.1, 0.15) is 11.3 Å². The Morgan fingerprint density at radius 1 is 1.12 bits per heavy atom. The highest BCUT2D eigenvalue weighted by Gasteiger charge is 2.30. The zero-order valence-corrected chi connectivity index (χ0v) is 15.2. The quantitative estimate of drug-likeness (QED) is 0.844. The molecule has 2 N–H and O–H groups in total. The Balaban J connectivity index is 1.62. The SMILES string of the molecule is NS(=O)(=O)N1CCN(Cc2csc(-c3ccc(C(F)(F)F)cc3)n2)CC1. The van der Waals surface area contributed by atoms with Gasteiger partial charge in [-0.25, -0.2) is 10.1 Å². The van der Waals surface area contributed by atoms with Crippen LogP contribution in [-0.4, -0.2) is 48.8 Å². The van der Waals surface area contributed by atoms with Crippen molar-refractivity contribution < 1.29 is 21.6 Å². The molecule has 2 heterocycles. The van der Waals surface area contributed by atoms with Crippen molar-refractivity contribution in [3.05, 3.63) is 40.9 Å². The van der Waals surface area contributed by atoms with Crippen molar-refractivity contribution in [2.45, 2.75) is 12.7 Å². The molecular weight excluding hydrogens is 389 g/mol. The number of thiazole rings is 1. The predicted octanol–water partition coefficient (Wildman–Crippen LogP) is 2.15. The molecule has 0 aliphatic carbocycles. The molecule has 0 bridgehead atoms. The number of halogens is 3. The number of hydrogen-bond acceptors (Lipinski definition) is 5. The number of piperazine rings is 1. The van der Waals surface area contributed by atoms with Crippen LogP contribution >= 0.6 is 11.3 Å². The Labute approximate surface area is 153 Å². The van der Waals surface area contributed by atoms with Crippen LogP contribution in [0.25, 0.3) is 10.6 Å². The molecule has 142 valence electrons. The Kier molecular flexibility index (Phi) is 5.35. The van der Waals surface area contributed by atoms with Crippen molar-refractivity contribution >= 4 is 21.5 Å². The summed E-state index contributed by atoms with van der Waals surface area (Å²) in [7, 11) is -3.66. The molecule has 6 nitrogen and oxygen atoms in total. The fourth-order valence-electron chi connectivity index (χ4n) is 2.69. The smallest absolute Gasteiger partial charge is 0.295 e. The molecule has 0 spiro atoms. The molecule has 0 atom stereocenters. The molecule has 0 amide bonds. The molecule has 0 unspecified atom stereocenters. The number of nitrogens with two attached hydrogens (primary N) is 1. The second-order valence-electron chi connectivity index (χ2n) is 5.94. The maximum atomic E-state index is 12.6. The highest BCUT2D eigenvalue weighted by atomic mass is 32.2. The third kappa shape index (κ3) is 4.60. The molecule has 3 rings (SSSR count). The van der Waals surface area contributed by atoms with Gasteiger partial charge in [-0.15, -0.1) is 11.3 Å². The molecule has 1 aromatic heterocycles. The van der Waals surface area contributed by atoms with E-state index in [2.05, 4.69) is 9.88 Å². The van der Waals surface area contributed by atoms with Gasteiger partial charge >= 0.3 is 6.18 Å². The van der Waals surface area contributed by atoms with Gasteiger partial charge in [0.15, 0.2) is 0 Å². The lowest BCUT2D eigenvalue weighted by Crippen LogP contribution is -2.50. The largest absolute Gasteiger partial charge is 0.416 e. The number of hydrogen-bond donors (Lipinski definition) is 1. The molecule has 1 aliphatic rings. The van der Waals surface area contributed by atoms with Gasteiger partial charge in [-0.1, -0.05) is 12.1 Å². The van der Waals surface area contributed by atoms with Crippen LogP contribution < -0.4 is 5.14 Å². The van der Waals surface area contributed by atoms with Crippen molar-refractivity contribution in [2.24, 2.45) is 5.14 Å². The van der Waals surface area contributed by atoms with Gasteiger partial charge in [0.2, 0.25) is 0 Å². The molecule has 1 aliphatic heterocycles. The summed E-state index contributed by atoms with van der Waals surface area (Å²) in [6, 6.07) is 4.92. The second-order valence-corrected chi connectivity index (χ2v) is 8.34. The molecule has 11 heteroatoms. The van der Waals surface area contributed by atoms with E-state index in [1.807, 2.05) is 5.38 Å². The standard InChI is InChI=1S/C15H17F3N4O2S2/c16-15(17,18)12-3-1-11(2-4-12)14-20-13(10-25-14)9-21-5-7-22(8-6-21)26(19,23)24/h1-4,10H,5-9H2,(H2,19,23,24). The lowest BCUT2D eigenvalue weighted by Gasteiger charge is -2.32. The first-order chi connectivity index (χ1) is 12.1. The van der Waals surface area contributed by atoms with E-state index in [4.69, 9.17) is 5.14 Å². The summed E-state index contributed by atoms with van der Waals surface area (Å²) in [5, 5.41) is 7.62. The van der Waals surface area contributed by atoms with E-state index in [1.165, 1.54) is 27.8 Å². The van der Waals surface area contributed by atoms with Crippen molar-refractivity contribution in [1.29, 1.82) is 0 Å². The van der Waals surface area contributed by atoms with Crippen LogP contribution in [-0.2, 0) is 22.9 Å². The lowest BCUT2D eigenvalue weighted by molar-refractivity contribution is -0.137. The summed E-state index contributed by atoms with van der Waals surface area (Å²) < 4.78 is 61.7. The predicted molar refractivity (Wildman–Crippen MR) is 92.5 cm³/mol. The number of aromatic nitrogens is 1. The zero-order chi connectivity index (χ0) is 18.9. The first kappa shape index (κ1) is 19.2. The van der Waals surface area contributed by atoms with E-state index >= 15 is 0 Å². The van der Waals surface area contributed by atoms with Gasteiger partial charge in [0.1, 0.15) is 5.01 Å². The Hall–Kier alpha value is -1.53. The number of benzene rings is 1. The van der Waals surface area contributed by atoms with Crippen LogP contribution in [0.15, 0.2) is 29.6 Å². The normalized spacial score (nSPS) is 17.5. The number of alkyl halides is 3. The summed E-state index contributed by atoms with van der Waals surface area (Å²) in [5.41, 5.74) is 0.744. The fourth-order valence-corrected chi connectivity index (χ4v) is 4.17. The van der Waals surface area contributed by atoms with Crippen molar-refractivity contribution in [1.82, 2.24) is 14.2 Å². The average Bonchev–Trinajstić information content (AvgIpc) is 3.02. The Morgan fingerprint density at radius 3 is 2.27 bits per heavy atom. The summed E-state index contributed by atoms with van der Waals surface area (Å²) in [6.45, 7) is 2.30. The van der Waals surface area contributed by atoms with Crippen LogP contribution in [0, 0.1) is 0 Å². The fraction of sp³-hybridized carbons (Fsp3) is 0.400. The summed E-state index contributed by atoms with van der Waals surface area (Å²) in [4.78, 5) is 6.54. The van der Waals surface area contributed by atoms with Crippen LogP contribution in [0.2, 0.25) is 0 Å². The molecule has 0 radical (unpaired) electrons. The highest BCUT2D eigenvalue weighted by Crippen LogP contribution is 2.31. The van der Waals surface area contributed by atoms with Crippen LogP contribution in [0.3, 0.4) is 0 Å². The lowest BCUT2D eigenvalue weighted by atomic mass is 10.1. The first-order valence-corrected chi connectivity index (χ1v) is 10.1. The van der Waals surface area contributed by atoms with Crippen LogP contribution in [0.4, 0.5) is 13.2 Å². The molecular formula is C15H17F3N4O2S2. The van der Waals surface area contributed by atoms with Crippen molar-refractivity contribution in [3.8, 4) is 10.6 Å². The average molecular weight is 406 g/mol. The maximum absolute atomic E-state index is 12.6. The van der Waals surface area contributed by atoms with Crippen molar-refractivity contribution in [3.63, 3.8) is 0 Å². The second kappa shape index (κ2) is 7.24. The highest BCUT2D eigenvalue weighted by molar-refractivity contribution is 7.86. The van der Waals surface area contributed by atoms with Gasteiger partial charge in [-0.3, -0.25) is 4.90 Å². The Morgan fingerprint density at radius 2 is 1.73 bits per heavy atom. The van der Waals surface area contributed by atoms with Gasteiger partial charge in [0.05, 0.1) is 11.3 Å². The van der Waals surface area contributed by atoms with Gasteiger partial charge in [-0.2, -0.15) is 25.9 Å². The first-order valence-electron chi connectivity index (χ1n) is 7.75. The van der Waals surface area contributed by atoms with Gasteiger partial charge in [0.25, 0.3) is 10.2 Å². The molecule has 2 aromatic rings. The Bertz CT molecular complexity index is 858. The maximum Gasteiger partial charge on any atom is 0.416 e. The molecule has 1 saturated heterocycles. The number of rotatable bonds is 4. The molecule has 26 heavy (non-hydrogen) atoms. The summed E-state index contributed by atoms with van der Waals surface area (Å²) >= 11 is 1.36.